The molecule has 0 amide bonds. The number of benzene rings is 7. The molecule has 2 aromatic heterocycles. The van der Waals surface area contributed by atoms with E-state index in [-0.39, 0.29) is 0 Å². The Bertz CT molecular complexity index is 2930. The Kier molecular flexibility index (Phi) is 7.99. The highest BCUT2D eigenvalue weighted by Crippen LogP contribution is 2.77. The van der Waals surface area contributed by atoms with Gasteiger partial charge in [0.1, 0.15) is 19.3 Å². The summed E-state index contributed by atoms with van der Waals surface area (Å²) in [5.74, 6) is 1.92. The molecule has 5 nitrogen and oxygen atoms in total. The SMILES string of the molecule is [B]C([B])(C)C1(C([B])(C)O)c2ccccc2Oc2c1cccc2S(c1ccccc1)(c1ccccc1)c1cccc(-n2c3ccccc3n3c4ccccc4nc23)c1. The van der Waals surface area contributed by atoms with E-state index in [9.17, 15) is 5.11 Å². The first-order chi connectivity index (χ1) is 27.6. The number of fused-ring (bicyclic) bond motifs is 7. The Labute approximate surface area is 337 Å². The molecule has 6 radical (unpaired) electrons. The minimum atomic E-state index is -2.41. The fourth-order valence-electron chi connectivity index (χ4n) is 9.41. The first-order valence-electron chi connectivity index (χ1n) is 19.0. The second kappa shape index (κ2) is 12.8. The molecular formula is C48H36B3N3O2S. The van der Waals surface area contributed by atoms with Gasteiger partial charge in [-0.25, -0.2) is 4.98 Å². The van der Waals surface area contributed by atoms with E-state index in [2.05, 4.69) is 130 Å². The molecule has 1 aliphatic heterocycles. The maximum Gasteiger partial charge on any atom is 0.220 e. The lowest BCUT2D eigenvalue weighted by atomic mass is 9.33. The van der Waals surface area contributed by atoms with Crippen molar-refractivity contribution in [3.05, 3.63) is 187 Å². The van der Waals surface area contributed by atoms with E-state index in [4.69, 9.17) is 33.3 Å². The van der Waals surface area contributed by atoms with E-state index in [0.29, 0.717) is 22.6 Å². The molecular weight excluding hydrogens is 715 g/mol. The quantitative estimate of drug-likeness (QED) is 0.165. The van der Waals surface area contributed by atoms with Crippen molar-refractivity contribution in [1.29, 1.82) is 0 Å². The topological polar surface area (TPSA) is 51.7 Å². The molecule has 7 aromatic carbocycles. The van der Waals surface area contributed by atoms with Gasteiger partial charge in [-0.05, 0) is 85.8 Å². The molecule has 57 heavy (non-hydrogen) atoms. The van der Waals surface area contributed by atoms with Gasteiger partial charge < -0.3 is 9.84 Å². The summed E-state index contributed by atoms with van der Waals surface area (Å²) in [6, 6.07) is 60.3. The molecule has 0 fully saturated rings. The molecule has 9 aromatic rings. The number of hydrogen-bond donors (Lipinski definition) is 1. The lowest BCUT2D eigenvalue weighted by molar-refractivity contribution is 0.0600. The zero-order valence-electron chi connectivity index (χ0n) is 31.6. The second-order valence-electron chi connectivity index (χ2n) is 15.2. The van der Waals surface area contributed by atoms with Crippen LogP contribution in [0.15, 0.2) is 196 Å². The number of para-hydroxylation sites is 6. The van der Waals surface area contributed by atoms with Crippen molar-refractivity contribution in [1.82, 2.24) is 14.0 Å². The Morgan fingerprint density at radius 2 is 1.16 bits per heavy atom. The van der Waals surface area contributed by atoms with Crippen molar-refractivity contribution < 1.29 is 9.84 Å². The van der Waals surface area contributed by atoms with Crippen LogP contribution in [0.2, 0.25) is 5.21 Å². The molecule has 1 N–H and O–H groups in total. The summed E-state index contributed by atoms with van der Waals surface area (Å²) in [6.07, 6.45) is 0. The third-order valence-corrected chi connectivity index (χ3v) is 15.4. The standard InChI is InChI=1S/C48H36B3N3O2S/c1-46(49,50)48(47(2,51)55)36-23-9-14-29-42(36)56-44-37(48)24-16-30-43(44)57(33-18-5-3-6-19-33,34-20-7-4-8-21-34)35-22-15-17-32(31-35)53-40-27-12-13-28-41(40)54-39-26-11-10-25-38(39)52-45(53)54/h3-31,55H,1-2H3. The van der Waals surface area contributed by atoms with Crippen LogP contribution in [0.1, 0.15) is 25.0 Å². The van der Waals surface area contributed by atoms with Gasteiger partial charge in [0.2, 0.25) is 5.78 Å². The molecule has 10 rings (SSSR count). The summed E-state index contributed by atoms with van der Waals surface area (Å²) in [5, 5.41) is 10.7. The van der Waals surface area contributed by atoms with Crippen LogP contribution in [-0.4, -0.2) is 48.1 Å². The minimum absolute atomic E-state index is 0.529. The van der Waals surface area contributed by atoms with Crippen LogP contribution >= 0.6 is 10.0 Å². The summed E-state index contributed by atoms with van der Waals surface area (Å²) < 4.78 is 11.6. The number of aromatic nitrogens is 3. The lowest BCUT2D eigenvalue weighted by Crippen LogP contribution is -2.59. The van der Waals surface area contributed by atoms with Crippen molar-refractivity contribution in [2.24, 2.45) is 0 Å². The van der Waals surface area contributed by atoms with E-state index < -0.39 is 26.2 Å². The van der Waals surface area contributed by atoms with Crippen LogP contribution in [0.3, 0.4) is 0 Å². The van der Waals surface area contributed by atoms with Crippen molar-refractivity contribution in [2.45, 2.75) is 49.6 Å². The largest absolute Gasteiger partial charge is 0.456 e. The highest BCUT2D eigenvalue weighted by molar-refractivity contribution is 8.34. The van der Waals surface area contributed by atoms with Crippen LogP contribution < -0.4 is 4.74 Å². The maximum atomic E-state index is 12.2. The average molecular weight is 751 g/mol. The van der Waals surface area contributed by atoms with Gasteiger partial charge in [-0.2, -0.15) is 0 Å². The Balaban J connectivity index is 1.34. The lowest BCUT2D eigenvalue weighted by Gasteiger charge is -2.57. The van der Waals surface area contributed by atoms with Gasteiger partial charge >= 0.3 is 0 Å². The average Bonchev–Trinajstić information content (AvgIpc) is 3.75. The molecule has 2 atom stereocenters. The molecule has 3 heterocycles. The van der Waals surface area contributed by atoms with Crippen molar-refractivity contribution in [3.63, 3.8) is 0 Å². The predicted molar refractivity (Wildman–Crippen MR) is 233 cm³/mol. The smallest absolute Gasteiger partial charge is 0.220 e. The van der Waals surface area contributed by atoms with Crippen LogP contribution in [0.5, 0.6) is 11.5 Å². The fourth-order valence-corrected chi connectivity index (χ4v) is 13.4. The normalized spacial score (nSPS) is 16.8. The molecule has 9 heteroatoms. The van der Waals surface area contributed by atoms with Crippen molar-refractivity contribution in [2.75, 3.05) is 0 Å². The van der Waals surface area contributed by atoms with Crippen LogP contribution in [0.4, 0.5) is 0 Å². The van der Waals surface area contributed by atoms with Gasteiger partial charge in [0.05, 0.1) is 43.4 Å². The predicted octanol–water partition coefficient (Wildman–Crippen LogP) is 10.5. The number of rotatable bonds is 7. The minimum Gasteiger partial charge on any atom is -0.456 e. The van der Waals surface area contributed by atoms with Crippen molar-refractivity contribution in [3.8, 4) is 17.2 Å². The van der Waals surface area contributed by atoms with Gasteiger partial charge in [0, 0.05) is 41.6 Å². The number of imidazole rings is 2. The zero-order valence-corrected chi connectivity index (χ0v) is 32.4. The fraction of sp³-hybridized carbons (Fsp3) is 0.104. The molecule has 2 unspecified atom stereocenters. The van der Waals surface area contributed by atoms with E-state index in [1.807, 2.05) is 54.6 Å². The first-order valence-corrected chi connectivity index (χ1v) is 20.6. The molecule has 270 valence electrons. The van der Waals surface area contributed by atoms with Crippen LogP contribution in [0, 0.1) is 0 Å². The van der Waals surface area contributed by atoms with Gasteiger partial charge in [0.25, 0.3) is 0 Å². The monoisotopic (exact) mass is 751 g/mol. The Hall–Kier alpha value is -5.89. The Morgan fingerprint density at radius 1 is 0.596 bits per heavy atom. The number of nitrogens with zero attached hydrogens (tertiary/aromatic N) is 3. The molecule has 0 spiro atoms. The highest BCUT2D eigenvalue weighted by atomic mass is 32.3. The van der Waals surface area contributed by atoms with E-state index in [1.165, 1.54) is 0 Å². The summed E-state index contributed by atoms with van der Waals surface area (Å²) in [5.41, 5.74) is 2.88. The highest BCUT2D eigenvalue weighted by Gasteiger charge is 2.58. The molecule has 0 saturated carbocycles. The molecule has 0 aliphatic carbocycles. The summed E-state index contributed by atoms with van der Waals surface area (Å²) in [4.78, 5) is 9.35. The third-order valence-electron chi connectivity index (χ3n) is 11.5. The second-order valence-corrected chi connectivity index (χ2v) is 18.3. The van der Waals surface area contributed by atoms with E-state index in [0.717, 1.165) is 53.1 Å². The van der Waals surface area contributed by atoms with E-state index in [1.54, 1.807) is 13.8 Å². The van der Waals surface area contributed by atoms with Crippen LogP contribution in [-0.2, 0) is 5.41 Å². The molecule has 1 aliphatic rings. The Morgan fingerprint density at radius 3 is 1.84 bits per heavy atom. The number of ether oxygens (including phenoxy) is 1. The summed E-state index contributed by atoms with van der Waals surface area (Å²) in [7, 11) is 18.5. The van der Waals surface area contributed by atoms with Gasteiger partial charge in [0.15, 0.2) is 0 Å². The molecule has 0 saturated heterocycles. The molecule has 0 bridgehead atoms. The van der Waals surface area contributed by atoms with E-state index >= 15 is 0 Å². The zero-order chi connectivity index (χ0) is 39.2. The maximum absolute atomic E-state index is 12.2. The van der Waals surface area contributed by atoms with Gasteiger partial charge in [-0.1, -0.05) is 109 Å². The first kappa shape index (κ1) is 35.5. The van der Waals surface area contributed by atoms with Crippen molar-refractivity contribution >= 4 is 61.4 Å². The number of hydrogen-bond acceptors (Lipinski definition) is 3. The van der Waals surface area contributed by atoms with Gasteiger partial charge in [-0.3, -0.25) is 8.97 Å². The summed E-state index contributed by atoms with van der Waals surface area (Å²) in [6.45, 7) is 3.29. The third kappa shape index (κ3) is 4.95. The van der Waals surface area contributed by atoms with Crippen LogP contribution in [0.25, 0.3) is 33.5 Å². The number of aliphatic hydroxyl groups is 1. The summed E-state index contributed by atoms with van der Waals surface area (Å²) >= 11 is 0. The van der Waals surface area contributed by atoms with Gasteiger partial charge in [-0.15, -0.1) is 10.0 Å².